The topological polar surface area (TPSA) is 39.1 Å². The van der Waals surface area contributed by atoms with Crippen LogP contribution in [0.2, 0.25) is 0 Å². The summed E-state index contributed by atoms with van der Waals surface area (Å²) in [5.74, 6) is 0. The van der Waals surface area contributed by atoms with Gasteiger partial charge in [-0.15, -0.1) is 0 Å². The highest BCUT2D eigenvalue weighted by atomic mass is 16.5. The first-order chi connectivity index (χ1) is 8.15. The van der Waals surface area contributed by atoms with E-state index in [4.69, 9.17) is 4.74 Å². The number of hydrogen-bond donors (Lipinski definition) is 1. The molecule has 4 nitrogen and oxygen atoms in total. The van der Waals surface area contributed by atoms with Crippen molar-refractivity contribution in [3.63, 3.8) is 0 Å². The first-order valence-corrected chi connectivity index (χ1v) is 6.40. The Morgan fingerprint density at radius 1 is 1.53 bits per heavy atom. The number of aryl methyl sites for hydroxylation is 1. The molecule has 0 fully saturated rings. The lowest BCUT2D eigenvalue weighted by Gasteiger charge is -2.20. The molecule has 0 aliphatic rings. The van der Waals surface area contributed by atoms with E-state index < -0.39 is 0 Å². The van der Waals surface area contributed by atoms with Crippen LogP contribution in [0.25, 0.3) is 0 Å². The van der Waals surface area contributed by atoms with Gasteiger partial charge in [0.2, 0.25) is 0 Å². The first-order valence-electron chi connectivity index (χ1n) is 6.40. The number of aromatic nitrogens is 2. The standard InChI is InChI=1S/C13H25N3O/c1-5-7-14-13(9-11(2)17-4)10-12-6-8-16(3)15-12/h6,8,11,13-14H,5,7,9-10H2,1-4H3. The van der Waals surface area contributed by atoms with Crippen molar-refractivity contribution >= 4 is 0 Å². The van der Waals surface area contributed by atoms with Crippen molar-refractivity contribution in [2.45, 2.75) is 45.3 Å². The smallest absolute Gasteiger partial charge is 0.0640 e. The van der Waals surface area contributed by atoms with E-state index in [2.05, 4.69) is 30.3 Å². The van der Waals surface area contributed by atoms with Gasteiger partial charge in [-0.2, -0.15) is 5.10 Å². The van der Waals surface area contributed by atoms with E-state index in [1.54, 1.807) is 7.11 Å². The van der Waals surface area contributed by atoms with E-state index in [0.717, 1.165) is 31.5 Å². The van der Waals surface area contributed by atoms with Gasteiger partial charge in [0.1, 0.15) is 0 Å². The van der Waals surface area contributed by atoms with Gasteiger partial charge >= 0.3 is 0 Å². The highest BCUT2D eigenvalue weighted by molar-refractivity contribution is 5.01. The largest absolute Gasteiger partial charge is 0.382 e. The van der Waals surface area contributed by atoms with E-state index in [0.29, 0.717) is 6.04 Å². The van der Waals surface area contributed by atoms with Crippen LogP contribution in [-0.2, 0) is 18.2 Å². The molecular weight excluding hydrogens is 214 g/mol. The molecule has 4 heteroatoms. The Balaban J connectivity index is 2.50. The molecule has 1 N–H and O–H groups in total. The van der Waals surface area contributed by atoms with Crippen molar-refractivity contribution in [1.29, 1.82) is 0 Å². The highest BCUT2D eigenvalue weighted by Crippen LogP contribution is 2.08. The average Bonchev–Trinajstić information content (AvgIpc) is 2.71. The number of ether oxygens (including phenoxy) is 1. The predicted molar refractivity (Wildman–Crippen MR) is 70.1 cm³/mol. The lowest BCUT2D eigenvalue weighted by molar-refractivity contribution is 0.100. The molecule has 0 radical (unpaired) electrons. The molecule has 0 amide bonds. The normalized spacial score (nSPS) is 14.8. The third-order valence-electron chi connectivity index (χ3n) is 2.93. The average molecular weight is 239 g/mol. The van der Waals surface area contributed by atoms with Crippen molar-refractivity contribution in [2.75, 3.05) is 13.7 Å². The zero-order valence-corrected chi connectivity index (χ0v) is 11.4. The van der Waals surface area contributed by atoms with Gasteiger partial charge < -0.3 is 10.1 Å². The molecule has 1 aromatic rings. The van der Waals surface area contributed by atoms with Gasteiger partial charge in [-0.05, 0) is 32.4 Å². The third kappa shape index (κ3) is 5.33. The van der Waals surface area contributed by atoms with Gasteiger partial charge in [0.05, 0.1) is 11.8 Å². The van der Waals surface area contributed by atoms with Crippen molar-refractivity contribution in [2.24, 2.45) is 7.05 Å². The molecule has 2 unspecified atom stereocenters. The summed E-state index contributed by atoms with van der Waals surface area (Å²) >= 11 is 0. The van der Waals surface area contributed by atoms with Crippen molar-refractivity contribution in [3.05, 3.63) is 18.0 Å². The lowest BCUT2D eigenvalue weighted by Crippen LogP contribution is -2.35. The fourth-order valence-electron chi connectivity index (χ4n) is 1.91. The molecule has 0 aliphatic heterocycles. The molecule has 0 saturated carbocycles. The van der Waals surface area contributed by atoms with Gasteiger partial charge in [0.25, 0.3) is 0 Å². The minimum atomic E-state index is 0.285. The lowest BCUT2D eigenvalue weighted by atomic mass is 10.0. The Labute approximate surface area is 104 Å². The predicted octanol–water partition coefficient (Wildman–Crippen LogP) is 1.76. The summed E-state index contributed by atoms with van der Waals surface area (Å²) in [6.45, 7) is 5.34. The van der Waals surface area contributed by atoms with Crippen LogP contribution in [0, 0.1) is 0 Å². The Morgan fingerprint density at radius 2 is 2.29 bits per heavy atom. The third-order valence-corrected chi connectivity index (χ3v) is 2.93. The van der Waals surface area contributed by atoms with Gasteiger partial charge in [0, 0.05) is 32.8 Å². The second kappa shape index (κ2) is 7.45. The molecule has 0 bridgehead atoms. The maximum Gasteiger partial charge on any atom is 0.0640 e. The maximum absolute atomic E-state index is 5.34. The summed E-state index contributed by atoms with van der Waals surface area (Å²) in [7, 11) is 3.72. The Morgan fingerprint density at radius 3 is 2.82 bits per heavy atom. The number of nitrogens with zero attached hydrogens (tertiary/aromatic N) is 2. The molecule has 2 atom stereocenters. The maximum atomic E-state index is 5.34. The SMILES string of the molecule is CCCNC(Cc1ccn(C)n1)CC(C)OC. The number of rotatable bonds is 8. The van der Waals surface area contributed by atoms with Crippen LogP contribution in [0.1, 0.15) is 32.4 Å². The van der Waals surface area contributed by atoms with Crippen LogP contribution in [0.3, 0.4) is 0 Å². The van der Waals surface area contributed by atoms with Crippen molar-refractivity contribution in [3.8, 4) is 0 Å². The summed E-state index contributed by atoms with van der Waals surface area (Å²) in [6, 6.07) is 2.53. The van der Waals surface area contributed by atoms with E-state index in [-0.39, 0.29) is 6.10 Å². The molecule has 1 rings (SSSR count). The second-order valence-corrected chi connectivity index (χ2v) is 4.62. The Bertz CT molecular complexity index is 311. The van der Waals surface area contributed by atoms with Gasteiger partial charge in [-0.25, -0.2) is 0 Å². The second-order valence-electron chi connectivity index (χ2n) is 4.62. The molecule has 0 aliphatic carbocycles. The van der Waals surface area contributed by atoms with Gasteiger partial charge in [0.15, 0.2) is 0 Å². The monoisotopic (exact) mass is 239 g/mol. The summed E-state index contributed by atoms with van der Waals surface area (Å²) in [6.07, 6.45) is 5.42. The number of methoxy groups -OCH3 is 1. The van der Waals surface area contributed by atoms with E-state index >= 15 is 0 Å². The van der Waals surface area contributed by atoms with Crippen molar-refractivity contribution < 1.29 is 4.74 Å². The van der Waals surface area contributed by atoms with E-state index in [1.807, 2.05) is 17.9 Å². The minimum absolute atomic E-state index is 0.285. The fraction of sp³-hybridized carbons (Fsp3) is 0.769. The molecule has 1 aromatic heterocycles. The summed E-state index contributed by atoms with van der Waals surface area (Å²) < 4.78 is 7.19. The van der Waals surface area contributed by atoms with Crippen LogP contribution in [-0.4, -0.2) is 35.6 Å². The Hall–Kier alpha value is -0.870. The van der Waals surface area contributed by atoms with Crippen LogP contribution in [0.5, 0.6) is 0 Å². The first kappa shape index (κ1) is 14.2. The van der Waals surface area contributed by atoms with Crippen LogP contribution in [0.15, 0.2) is 12.3 Å². The molecule has 98 valence electrons. The summed E-state index contributed by atoms with van der Waals surface area (Å²) in [5.41, 5.74) is 1.14. The molecule has 17 heavy (non-hydrogen) atoms. The van der Waals surface area contributed by atoms with Crippen LogP contribution in [0.4, 0.5) is 0 Å². The van der Waals surface area contributed by atoms with Gasteiger partial charge in [-0.3, -0.25) is 4.68 Å². The summed E-state index contributed by atoms with van der Waals surface area (Å²) in [4.78, 5) is 0. The molecule has 0 spiro atoms. The Kier molecular flexibility index (Phi) is 6.22. The van der Waals surface area contributed by atoms with Crippen LogP contribution >= 0.6 is 0 Å². The molecule has 0 saturated heterocycles. The zero-order valence-electron chi connectivity index (χ0n) is 11.4. The van der Waals surface area contributed by atoms with E-state index in [1.165, 1.54) is 0 Å². The van der Waals surface area contributed by atoms with Crippen LogP contribution < -0.4 is 5.32 Å². The van der Waals surface area contributed by atoms with Gasteiger partial charge in [-0.1, -0.05) is 6.92 Å². The molecular formula is C13H25N3O. The van der Waals surface area contributed by atoms with E-state index in [9.17, 15) is 0 Å². The quantitative estimate of drug-likeness (QED) is 0.751. The minimum Gasteiger partial charge on any atom is -0.382 e. The number of hydrogen-bond acceptors (Lipinski definition) is 3. The highest BCUT2D eigenvalue weighted by Gasteiger charge is 2.14. The number of nitrogens with one attached hydrogen (secondary N) is 1. The molecule has 1 heterocycles. The van der Waals surface area contributed by atoms with Crippen molar-refractivity contribution in [1.82, 2.24) is 15.1 Å². The fourth-order valence-corrected chi connectivity index (χ4v) is 1.91. The summed E-state index contributed by atoms with van der Waals surface area (Å²) in [5, 5.41) is 7.99. The zero-order chi connectivity index (χ0) is 12.7. The molecule has 0 aromatic carbocycles.